The van der Waals surface area contributed by atoms with Crippen LogP contribution in [0.2, 0.25) is 0 Å². The van der Waals surface area contributed by atoms with Crippen LogP contribution in [0.25, 0.3) is 0 Å². The van der Waals surface area contributed by atoms with Gasteiger partial charge in [-0.15, -0.1) is 0 Å². The van der Waals surface area contributed by atoms with E-state index in [4.69, 9.17) is 9.47 Å². The summed E-state index contributed by atoms with van der Waals surface area (Å²) >= 11 is 0. The molecular formula is C23H30FN5O3. The van der Waals surface area contributed by atoms with E-state index >= 15 is 0 Å². The van der Waals surface area contributed by atoms with E-state index in [-0.39, 0.29) is 11.7 Å². The van der Waals surface area contributed by atoms with Crippen LogP contribution in [0.4, 0.5) is 15.8 Å². The second-order valence-electron chi connectivity index (χ2n) is 7.29. The van der Waals surface area contributed by atoms with Crippen molar-refractivity contribution in [3.05, 3.63) is 48.3 Å². The molecule has 0 unspecified atom stereocenters. The first-order chi connectivity index (χ1) is 15.5. The van der Waals surface area contributed by atoms with E-state index in [1.165, 1.54) is 12.1 Å². The van der Waals surface area contributed by atoms with Gasteiger partial charge in [-0.2, -0.15) is 0 Å². The van der Waals surface area contributed by atoms with Crippen molar-refractivity contribution in [1.82, 2.24) is 10.2 Å². The van der Waals surface area contributed by atoms with E-state index in [0.717, 1.165) is 24.5 Å². The topological polar surface area (TPSA) is 78.4 Å². The van der Waals surface area contributed by atoms with E-state index in [0.29, 0.717) is 43.5 Å². The molecule has 0 atom stereocenters. The Morgan fingerprint density at radius 3 is 2.34 bits per heavy atom. The van der Waals surface area contributed by atoms with E-state index in [1.807, 2.05) is 23.1 Å². The maximum Gasteiger partial charge on any atom is 0.224 e. The van der Waals surface area contributed by atoms with Gasteiger partial charge in [-0.3, -0.25) is 9.79 Å². The molecule has 3 rings (SSSR count). The fraction of sp³-hybridized carbons (Fsp3) is 0.391. The van der Waals surface area contributed by atoms with Crippen LogP contribution < -0.4 is 25.0 Å². The lowest BCUT2D eigenvalue weighted by atomic mass is 10.2. The Morgan fingerprint density at radius 1 is 1.03 bits per heavy atom. The second-order valence-corrected chi connectivity index (χ2v) is 7.29. The van der Waals surface area contributed by atoms with Crippen LogP contribution in [0, 0.1) is 5.82 Å². The highest BCUT2D eigenvalue weighted by Crippen LogP contribution is 2.29. The van der Waals surface area contributed by atoms with Gasteiger partial charge in [0.25, 0.3) is 0 Å². The summed E-state index contributed by atoms with van der Waals surface area (Å²) in [4.78, 5) is 20.8. The van der Waals surface area contributed by atoms with E-state index < -0.39 is 0 Å². The molecular weight excluding hydrogens is 413 g/mol. The Morgan fingerprint density at radius 2 is 1.72 bits per heavy atom. The number of ether oxygens (including phenoxy) is 2. The molecule has 2 aromatic carbocycles. The third kappa shape index (κ3) is 6.03. The number of nitrogens with zero attached hydrogens (tertiary/aromatic N) is 3. The molecule has 1 saturated heterocycles. The zero-order chi connectivity index (χ0) is 22.9. The van der Waals surface area contributed by atoms with Gasteiger partial charge in [0.1, 0.15) is 5.82 Å². The molecule has 1 amide bonds. The minimum atomic E-state index is -0.245. The molecule has 0 bridgehead atoms. The lowest BCUT2D eigenvalue weighted by molar-refractivity contribution is -0.131. The molecule has 1 heterocycles. The number of methoxy groups -OCH3 is 2. The van der Waals surface area contributed by atoms with Crippen LogP contribution in [0.15, 0.2) is 47.5 Å². The average molecular weight is 444 g/mol. The monoisotopic (exact) mass is 443 g/mol. The molecule has 2 aromatic rings. The van der Waals surface area contributed by atoms with Gasteiger partial charge in [-0.05, 0) is 36.4 Å². The van der Waals surface area contributed by atoms with Crippen molar-refractivity contribution in [3.63, 3.8) is 0 Å². The SMILES string of the molecule is CN=C(NCCC(=O)N1CCN(c2ccc(F)cc2)CC1)Nc1ccc(OC)c(OC)c1. The number of anilines is 2. The summed E-state index contributed by atoms with van der Waals surface area (Å²) in [7, 11) is 4.84. The van der Waals surface area contributed by atoms with Gasteiger partial charge in [0, 0.05) is 63.6 Å². The number of benzene rings is 2. The maximum atomic E-state index is 13.1. The molecule has 1 aliphatic heterocycles. The van der Waals surface area contributed by atoms with E-state index in [1.54, 1.807) is 33.4 Å². The Bertz CT molecular complexity index is 928. The number of aliphatic imine (C=N–C) groups is 1. The summed E-state index contributed by atoms with van der Waals surface area (Å²) in [6.45, 7) is 3.22. The Kier molecular flexibility index (Phi) is 8.13. The van der Waals surface area contributed by atoms with Crippen molar-refractivity contribution in [3.8, 4) is 11.5 Å². The predicted octanol–water partition coefficient (Wildman–Crippen LogP) is 2.57. The van der Waals surface area contributed by atoms with Gasteiger partial charge in [-0.1, -0.05) is 0 Å². The minimum absolute atomic E-state index is 0.0952. The highest BCUT2D eigenvalue weighted by molar-refractivity contribution is 5.94. The number of carbonyl (C=O) groups is 1. The Balaban J connectivity index is 1.43. The van der Waals surface area contributed by atoms with Crippen molar-refractivity contribution in [2.45, 2.75) is 6.42 Å². The molecule has 9 heteroatoms. The van der Waals surface area contributed by atoms with Crippen LogP contribution in [0.3, 0.4) is 0 Å². The molecule has 0 radical (unpaired) electrons. The minimum Gasteiger partial charge on any atom is -0.493 e. The van der Waals surface area contributed by atoms with Crippen LogP contribution in [-0.2, 0) is 4.79 Å². The number of guanidine groups is 1. The van der Waals surface area contributed by atoms with E-state index in [9.17, 15) is 9.18 Å². The summed E-state index contributed by atoms with van der Waals surface area (Å²) in [5.41, 5.74) is 1.77. The fourth-order valence-electron chi connectivity index (χ4n) is 3.54. The first kappa shape index (κ1) is 23.2. The van der Waals surface area contributed by atoms with Gasteiger partial charge in [0.05, 0.1) is 14.2 Å². The fourth-order valence-corrected chi connectivity index (χ4v) is 3.54. The van der Waals surface area contributed by atoms with Crippen molar-refractivity contribution in [2.75, 3.05) is 64.2 Å². The first-order valence-corrected chi connectivity index (χ1v) is 10.5. The van der Waals surface area contributed by atoms with Gasteiger partial charge in [-0.25, -0.2) is 4.39 Å². The van der Waals surface area contributed by atoms with Crippen molar-refractivity contribution in [2.24, 2.45) is 4.99 Å². The number of halogens is 1. The molecule has 0 aliphatic carbocycles. The first-order valence-electron chi connectivity index (χ1n) is 10.5. The zero-order valence-corrected chi connectivity index (χ0v) is 18.7. The predicted molar refractivity (Wildman–Crippen MR) is 124 cm³/mol. The van der Waals surface area contributed by atoms with E-state index in [2.05, 4.69) is 20.5 Å². The van der Waals surface area contributed by atoms with Gasteiger partial charge < -0.3 is 29.9 Å². The molecule has 32 heavy (non-hydrogen) atoms. The molecule has 172 valence electrons. The molecule has 0 aromatic heterocycles. The summed E-state index contributed by atoms with van der Waals surface area (Å²) in [6.07, 6.45) is 0.364. The Labute approximate surface area is 188 Å². The third-order valence-corrected chi connectivity index (χ3v) is 5.33. The molecule has 2 N–H and O–H groups in total. The normalized spacial score (nSPS) is 14.2. The van der Waals surface area contributed by atoms with Gasteiger partial charge >= 0.3 is 0 Å². The number of piperazine rings is 1. The van der Waals surface area contributed by atoms with Crippen molar-refractivity contribution in [1.29, 1.82) is 0 Å². The Hall–Kier alpha value is -3.49. The summed E-state index contributed by atoms with van der Waals surface area (Å²) < 4.78 is 23.7. The van der Waals surface area contributed by atoms with Crippen molar-refractivity contribution < 1.29 is 18.7 Å². The number of rotatable bonds is 7. The van der Waals surface area contributed by atoms with Crippen molar-refractivity contribution >= 4 is 23.2 Å². The van der Waals surface area contributed by atoms with Crippen LogP contribution in [0.5, 0.6) is 11.5 Å². The lowest BCUT2D eigenvalue weighted by Crippen LogP contribution is -2.49. The molecule has 1 aliphatic rings. The second kappa shape index (κ2) is 11.2. The number of hydrogen-bond acceptors (Lipinski definition) is 5. The lowest BCUT2D eigenvalue weighted by Gasteiger charge is -2.36. The zero-order valence-electron chi connectivity index (χ0n) is 18.7. The third-order valence-electron chi connectivity index (χ3n) is 5.33. The molecule has 1 fully saturated rings. The van der Waals surface area contributed by atoms with Crippen LogP contribution in [0.1, 0.15) is 6.42 Å². The van der Waals surface area contributed by atoms with Gasteiger partial charge in [0.15, 0.2) is 17.5 Å². The van der Waals surface area contributed by atoms with Crippen LogP contribution >= 0.6 is 0 Å². The average Bonchev–Trinajstić information content (AvgIpc) is 2.83. The molecule has 0 saturated carbocycles. The number of hydrogen-bond donors (Lipinski definition) is 2. The summed E-state index contributed by atoms with van der Waals surface area (Å²) in [5.74, 6) is 1.67. The molecule has 0 spiro atoms. The largest absolute Gasteiger partial charge is 0.493 e. The number of carbonyl (C=O) groups excluding carboxylic acids is 1. The highest BCUT2D eigenvalue weighted by Gasteiger charge is 2.21. The number of amides is 1. The standard InChI is InChI=1S/C23H30FN5O3/c1-25-23(27-18-6-9-20(31-2)21(16-18)32-3)26-11-10-22(30)29-14-12-28(13-15-29)19-7-4-17(24)5-8-19/h4-9,16H,10-15H2,1-3H3,(H2,25,26,27). The quantitative estimate of drug-likeness (QED) is 0.506. The number of nitrogens with one attached hydrogen (secondary N) is 2. The highest BCUT2D eigenvalue weighted by atomic mass is 19.1. The summed E-state index contributed by atoms with van der Waals surface area (Å²) in [5, 5.41) is 6.35. The van der Waals surface area contributed by atoms with Gasteiger partial charge in [0.2, 0.25) is 5.91 Å². The molecule has 8 nitrogen and oxygen atoms in total. The summed E-state index contributed by atoms with van der Waals surface area (Å²) in [6, 6.07) is 11.9. The maximum absolute atomic E-state index is 13.1. The van der Waals surface area contributed by atoms with Crippen LogP contribution in [-0.4, -0.2) is 70.8 Å². The smallest absolute Gasteiger partial charge is 0.224 e.